The first kappa shape index (κ1) is 23.2. The molecule has 32 heavy (non-hydrogen) atoms. The lowest BCUT2D eigenvalue weighted by atomic mass is 10.1. The number of anilines is 1. The molecule has 0 unspecified atom stereocenters. The van der Waals surface area contributed by atoms with Crippen molar-refractivity contribution in [2.75, 3.05) is 5.32 Å². The van der Waals surface area contributed by atoms with Gasteiger partial charge in [-0.25, -0.2) is 0 Å². The molecule has 0 bridgehead atoms. The monoisotopic (exact) mass is 513 g/mol. The number of rotatable bonds is 6. The Hall–Kier alpha value is -3.49. The fourth-order valence-electron chi connectivity index (χ4n) is 2.76. The molecule has 0 aromatic heterocycles. The highest BCUT2D eigenvalue weighted by Crippen LogP contribution is 2.22. The number of aryl methyl sites for hydroxylation is 1. The Balaban J connectivity index is 1.96. The summed E-state index contributed by atoms with van der Waals surface area (Å²) in [6, 6.07) is 17.5. The summed E-state index contributed by atoms with van der Waals surface area (Å²) in [4.78, 5) is 36.4. The van der Waals surface area contributed by atoms with Gasteiger partial charge >= 0.3 is 0 Å². The first-order valence-corrected chi connectivity index (χ1v) is 10.5. The van der Waals surface area contributed by atoms with Crippen molar-refractivity contribution in [3.05, 3.63) is 109 Å². The molecule has 7 nitrogen and oxygen atoms in total. The smallest absolute Gasteiger partial charge is 0.272 e. The quantitative estimate of drug-likeness (QED) is 0.249. The van der Waals surface area contributed by atoms with Crippen LogP contribution in [0.2, 0.25) is 5.02 Å². The van der Waals surface area contributed by atoms with Gasteiger partial charge in [0.05, 0.1) is 10.5 Å². The summed E-state index contributed by atoms with van der Waals surface area (Å²) < 4.78 is 0.554. The third kappa shape index (κ3) is 5.81. The van der Waals surface area contributed by atoms with Crippen LogP contribution in [0.3, 0.4) is 0 Å². The molecule has 9 heteroatoms. The van der Waals surface area contributed by atoms with Crippen molar-refractivity contribution < 1.29 is 14.5 Å². The van der Waals surface area contributed by atoms with Gasteiger partial charge in [-0.1, -0.05) is 41.9 Å². The van der Waals surface area contributed by atoms with E-state index in [4.69, 9.17) is 11.6 Å². The minimum absolute atomic E-state index is 0.0945. The van der Waals surface area contributed by atoms with Gasteiger partial charge in [-0.2, -0.15) is 0 Å². The van der Waals surface area contributed by atoms with Crippen molar-refractivity contribution in [1.82, 2.24) is 5.32 Å². The van der Waals surface area contributed by atoms with Gasteiger partial charge in [-0.3, -0.25) is 19.7 Å². The normalized spacial score (nSPS) is 11.0. The van der Waals surface area contributed by atoms with Gasteiger partial charge < -0.3 is 10.6 Å². The van der Waals surface area contributed by atoms with Crippen LogP contribution in [0.25, 0.3) is 6.08 Å². The number of amides is 2. The minimum atomic E-state index is -0.614. The van der Waals surface area contributed by atoms with Gasteiger partial charge in [0.2, 0.25) is 0 Å². The molecule has 2 N–H and O–H groups in total. The van der Waals surface area contributed by atoms with E-state index < -0.39 is 16.7 Å². The second-order valence-corrected chi connectivity index (χ2v) is 8.02. The Morgan fingerprint density at radius 1 is 1.06 bits per heavy atom. The van der Waals surface area contributed by atoms with E-state index in [2.05, 4.69) is 26.6 Å². The molecule has 3 aromatic carbocycles. The van der Waals surface area contributed by atoms with E-state index in [1.54, 1.807) is 48.5 Å². The van der Waals surface area contributed by atoms with E-state index in [0.29, 0.717) is 26.3 Å². The van der Waals surface area contributed by atoms with Crippen LogP contribution >= 0.6 is 27.5 Å². The van der Waals surface area contributed by atoms with Crippen molar-refractivity contribution in [3.63, 3.8) is 0 Å². The summed E-state index contributed by atoms with van der Waals surface area (Å²) in [5.74, 6) is -1.14. The van der Waals surface area contributed by atoms with Gasteiger partial charge in [0, 0.05) is 27.3 Å². The number of carbonyl (C=O) groups excluding carboxylic acids is 2. The summed E-state index contributed by atoms with van der Waals surface area (Å²) in [6.07, 6.45) is 1.37. The maximum Gasteiger partial charge on any atom is 0.272 e. The van der Waals surface area contributed by atoms with Crippen LogP contribution < -0.4 is 10.6 Å². The third-order valence-electron chi connectivity index (χ3n) is 4.43. The molecule has 2 amide bonds. The number of hydrogen-bond donors (Lipinski definition) is 2. The van der Waals surface area contributed by atoms with Crippen LogP contribution in [-0.4, -0.2) is 16.7 Å². The zero-order chi connectivity index (χ0) is 23.3. The predicted octanol–water partition coefficient (Wildman–Crippen LogP) is 5.73. The molecule has 0 atom stereocenters. The summed E-state index contributed by atoms with van der Waals surface area (Å²) >= 11 is 9.44. The average molecular weight is 515 g/mol. The van der Waals surface area contributed by atoms with Crippen LogP contribution in [0, 0.1) is 17.0 Å². The molecule has 162 valence electrons. The SMILES string of the molecule is Cc1ccc(NC(=O)/C(=C/c2cccc([N+](=O)[O-])c2)NC(=O)c2ccccc2Br)cc1Cl. The lowest BCUT2D eigenvalue weighted by molar-refractivity contribution is -0.384. The molecule has 0 fully saturated rings. The van der Waals surface area contributed by atoms with E-state index in [1.807, 2.05) is 6.92 Å². The average Bonchev–Trinajstić information content (AvgIpc) is 2.76. The number of halogens is 2. The number of benzene rings is 3. The fraction of sp³-hybridized carbons (Fsp3) is 0.0435. The highest BCUT2D eigenvalue weighted by molar-refractivity contribution is 9.10. The number of nitro groups is 1. The second kappa shape index (κ2) is 10.2. The Morgan fingerprint density at radius 2 is 1.81 bits per heavy atom. The zero-order valence-electron chi connectivity index (χ0n) is 16.8. The molecule has 0 saturated carbocycles. The first-order valence-electron chi connectivity index (χ1n) is 9.34. The molecule has 0 aliphatic heterocycles. The van der Waals surface area contributed by atoms with E-state index in [-0.39, 0.29) is 11.4 Å². The molecule has 0 aliphatic carbocycles. The molecule has 0 aliphatic rings. The van der Waals surface area contributed by atoms with Gasteiger partial charge in [-0.05, 0) is 64.3 Å². The second-order valence-electron chi connectivity index (χ2n) is 6.76. The lowest BCUT2D eigenvalue weighted by Crippen LogP contribution is -2.31. The van der Waals surface area contributed by atoms with Gasteiger partial charge in [0.25, 0.3) is 17.5 Å². The molecular formula is C23H17BrClN3O4. The molecule has 3 rings (SSSR count). The van der Waals surface area contributed by atoms with Crippen molar-refractivity contribution in [2.45, 2.75) is 6.92 Å². The van der Waals surface area contributed by atoms with Crippen molar-refractivity contribution in [1.29, 1.82) is 0 Å². The number of hydrogen-bond acceptors (Lipinski definition) is 4. The number of carbonyl (C=O) groups is 2. The predicted molar refractivity (Wildman–Crippen MR) is 128 cm³/mol. The zero-order valence-corrected chi connectivity index (χ0v) is 19.1. The van der Waals surface area contributed by atoms with Crippen molar-refractivity contribution in [2.24, 2.45) is 0 Å². The van der Waals surface area contributed by atoms with Gasteiger partial charge in [0.1, 0.15) is 5.70 Å². The van der Waals surface area contributed by atoms with Crippen molar-refractivity contribution >= 4 is 56.8 Å². The summed E-state index contributed by atoms with van der Waals surface area (Å²) in [5.41, 5.74) is 1.75. The standard InChI is InChI=1S/C23H17BrClN3O4/c1-14-9-10-16(13-20(14)25)26-23(30)21(12-15-5-4-6-17(11-15)28(31)32)27-22(29)18-7-2-3-8-19(18)24/h2-13H,1H3,(H,26,30)(H,27,29)/b21-12-. The van der Waals surface area contributed by atoms with Gasteiger partial charge in [0.15, 0.2) is 0 Å². The minimum Gasteiger partial charge on any atom is -0.321 e. The Labute approximate surface area is 197 Å². The van der Waals surface area contributed by atoms with Crippen LogP contribution in [0.1, 0.15) is 21.5 Å². The maximum atomic E-state index is 13.0. The van der Waals surface area contributed by atoms with Crippen LogP contribution in [0.5, 0.6) is 0 Å². The first-order chi connectivity index (χ1) is 15.2. The Kier molecular flexibility index (Phi) is 7.40. The number of nitrogens with one attached hydrogen (secondary N) is 2. The topological polar surface area (TPSA) is 101 Å². The summed E-state index contributed by atoms with van der Waals surface area (Å²) in [7, 11) is 0. The highest BCUT2D eigenvalue weighted by Gasteiger charge is 2.17. The molecule has 0 spiro atoms. The Bertz CT molecular complexity index is 1240. The fourth-order valence-corrected chi connectivity index (χ4v) is 3.40. The highest BCUT2D eigenvalue weighted by atomic mass is 79.9. The number of non-ortho nitro benzene ring substituents is 1. The van der Waals surface area contributed by atoms with Crippen LogP contribution in [-0.2, 0) is 4.79 Å². The molecule has 0 heterocycles. The third-order valence-corrected chi connectivity index (χ3v) is 5.53. The maximum absolute atomic E-state index is 13.0. The van der Waals surface area contributed by atoms with E-state index in [9.17, 15) is 19.7 Å². The molecular weight excluding hydrogens is 498 g/mol. The number of nitrogens with zero attached hydrogens (tertiary/aromatic N) is 1. The Morgan fingerprint density at radius 3 is 2.50 bits per heavy atom. The largest absolute Gasteiger partial charge is 0.321 e. The molecule has 0 saturated heterocycles. The van der Waals surface area contributed by atoms with E-state index >= 15 is 0 Å². The molecule has 3 aromatic rings. The van der Waals surface area contributed by atoms with E-state index in [1.165, 1.54) is 24.3 Å². The lowest BCUT2D eigenvalue weighted by Gasteiger charge is -2.12. The number of nitro benzene ring substituents is 1. The summed E-state index contributed by atoms with van der Waals surface area (Å²) in [5, 5.41) is 16.8. The van der Waals surface area contributed by atoms with Crippen molar-refractivity contribution in [3.8, 4) is 0 Å². The van der Waals surface area contributed by atoms with Gasteiger partial charge in [-0.15, -0.1) is 0 Å². The van der Waals surface area contributed by atoms with E-state index in [0.717, 1.165) is 5.56 Å². The molecule has 0 radical (unpaired) electrons. The van der Waals surface area contributed by atoms with Crippen LogP contribution in [0.15, 0.2) is 76.9 Å². The summed E-state index contributed by atoms with van der Waals surface area (Å²) in [6.45, 7) is 1.83. The van der Waals surface area contributed by atoms with Crippen LogP contribution in [0.4, 0.5) is 11.4 Å².